The van der Waals surface area contributed by atoms with E-state index in [0.717, 1.165) is 4.90 Å². The van der Waals surface area contributed by atoms with Crippen LogP contribution in [0.5, 0.6) is 0 Å². The molecule has 1 fully saturated rings. The summed E-state index contributed by atoms with van der Waals surface area (Å²) < 4.78 is 0. The summed E-state index contributed by atoms with van der Waals surface area (Å²) in [6.45, 7) is -0.295. The van der Waals surface area contributed by atoms with E-state index in [0.29, 0.717) is 5.56 Å². The van der Waals surface area contributed by atoms with Gasteiger partial charge in [-0.15, -0.1) is 0 Å². The molecule has 1 aromatic carbocycles. The molecule has 0 bridgehead atoms. The van der Waals surface area contributed by atoms with Crippen molar-refractivity contribution in [2.75, 3.05) is 20.1 Å². The molecular weight excluding hydrogens is 248 g/mol. The van der Waals surface area contributed by atoms with Crippen LogP contribution in [0.3, 0.4) is 0 Å². The molecule has 2 rings (SSSR count). The van der Waals surface area contributed by atoms with E-state index >= 15 is 0 Å². The SMILES string of the molecule is CN1CC(=O)N(C(C(=O)O)c2ccccc2)CC1=O. The lowest BCUT2D eigenvalue weighted by Gasteiger charge is -2.35. The normalized spacial score (nSPS) is 17.5. The second kappa shape index (κ2) is 5.09. The molecular formula is C13H14N2O4. The van der Waals surface area contributed by atoms with Crippen LogP contribution in [0, 0.1) is 0 Å². The summed E-state index contributed by atoms with van der Waals surface area (Å²) in [6, 6.07) is 7.32. The highest BCUT2D eigenvalue weighted by Gasteiger charge is 2.36. The maximum Gasteiger partial charge on any atom is 0.331 e. The predicted octanol–water partition coefficient (Wildman–Crippen LogP) is 0.113. The van der Waals surface area contributed by atoms with Crippen LogP contribution in [0.15, 0.2) is 30.3 Å². The van der Waals surface area contributed by atoms with Crippen molar-refractivity contribution in [1.82, 2.24) is 9.80 Å². The molecule has 19 heavy (non-hydrogen) atoms. The lowest BCUT2D eigenvalue weighted by molar-refractivity contribution is -0.158. The van der Waals surface area contributed by atoms with Crippen LogP contribution in [0.25, 0.3) is 0 Å². The van der Waals surface area contributed by atoms with Gasteiger partial charge in [0, 0.05) is 7.05 Å². The summed E-state index contributed by atoms with van der Waals surface area (Å²) >= 11 is 0. The summed E-state index contributed by atoms with van der Waals surface area (Å²) in [7, 11) is 1.52. The van der Waals surface area contributed by atoms with Gasteiger partial charge in [-0.1, -0.05) is 30.3 Å². The van der Waals surface area contributed by atoms with E-state index in [1.54, 1.807) is 30.3 Å². The van der Waals surface area contributed by atoms with Crippen molar-refractivity contribution in [3.63, 3.8) is 0 Å². The molecule has 1 unspecified atom stereocenters. The molecule has 100 valence electrons. The Kier molecular flexibility index (Phi) is 3.50. The van der Waals surface area contributed by atoms with Crippen LogP contribution in [0.4, 0.5) is 0 Å². The van der Waals surface area contributed by atoms with Crippen LogP contribution in [-0.4, -0.2) is 52.8 Å². The van der Waals surface area contributed by atoms with Crippen molar-refractivity contribution in [3.8, 4) is 0 Å². The Morgan fingerprint density at radius 1 is 1.16 bits per heavy atom. The van der Waals surface area contributed by atoms with Crippen molar-refractivity contribution >= 4 is 17.8 Å². The maximum absolute atomic E-state index is 11.9. The van der Waals surface area contributed by atoms with Gasteiger partial charge in [0.1, 0.15) is 6.54 Å². The third-order valence-electron chi connectivity index (χ3n) is 3.09. The fourth-order valence-corrected chi connectivity index (χ4v) is 2.06. The molecule has 6 nitrogen and oxygen atoms in total. The Balaban J connectivity index is 2.33. The molecule has 2 amide bonds. The van der Waals surface area contributed by atoms with Crippen LogP contribution in [-0.2, 0) is 14.4 Å². The fourth-order valence-electron chi connectivity index (χ4n) is 2.06. The number of carboxylic acids is 1. The molecule has 1 aliphatic rings. The van der Waals surface area contributed by atoms with E-state index in [1.165, 1.54) is 11.9 Å². The number of amides is 2. The Morgan fingerprint density at radius 2 is 1.79 bits per heavy atom. The number of carbonyl (C=O) groups excluding carboxylic acids is 2. The topological polar surface area (TPSA) is 77.9 Å². The zero-order chi connectivity index (χ0) is 14.0. The second-order valence-electron chi connectivity index (χ2n) is 4.42. The van der Waals surface area contributed by atoms with Crippen molar-refractivity contribution in [2.24, 2.45) is 0 Å². The van der Waals surface area contributed by atoms with E-state index in [4.69, 9.17) is 0 Å². The molecule has 1 heterocycles. The van der Waals surface area contributed by atoms with Gasteiger partial charge in [-0.05, 0) is 5.56 Å². The molecule has 1 aromatic rings. The standard InChI is InChI=1S/C13H14N2O4/c1-14-7-11(17)15(8-10(14)16)12(13(18)19)9-5-3-2-4-6-9/h2-6,12H,7-8H2,1H3,(H,18,19). The Bertz CT molecular complexity index is 515. The summed E-state index contributed by atoms with van der Waals surface area (Å²) in [4.78, 5) is 37.4. The first-order valence-electron chi connectivity index (χ1n) is 5.82. The van der Waals surface area contributed by atoms with Crippen LogP contribution >= 0.6 is 0 Å². The number of rotatable bonds is 3. The zero-order valence-electron chi connectivity index (χ0n) is 10.4. The number of hydrogen-bond donors (Lipinski definition) is 1. The Labute approximate surface area is 110 Å². The number of benzene rings is 1. The summed E-state index contributed by atoms with van der Waals surface area (Å²) in [6.07, 6.45) is 0. The van der Waals surface area contributed by atoms with E-state index in [2.05, 4.69) is 0 Å². The lowest BCUT2D eigenvalue weighted by atomic mass is 10.0. The molecule has 0 aromatic heterocycles. The highest BCUT2D eigenvalue weighted by atomic mass is 16.4. The molecule has 0 radical (unpaired) electrons. The van der Waals surface area contributed by atoms with Crippen molar-refractivity contribution in [1.29, 1.82) is 0 Å². The average molecular weight is 262 g/mol. The number of aliphatic carboxylic acids is 1. The maximum atomic E-state index is 11.9. The Hall–Kier alpha value is -2.37. The third-order valence-corrected chi connectivity index (χ3v) is 3.09. The van der Waals surface area contributed by atoms with Crippen LogP contribution < -0.4 is 0 Å². The number of carboxylic acid groups (broad SMARTS) is 1. The lowest BCUT2D eigenvalue weighted by Crippen LogP contribution is -2.54. The predicted molar refractivity (Wildman–Crippen MR) is 66.2 cm³/mol. The minimum absolute atomic E-state index is 0.0879. The smallest absolute Gasteiger partial charge is 0.331 e. The fraction of sp³-hybridized carbons (Fsp3) is 0.308. The second-order valence-corrected chi connectivity index (χ2v) is 4.42. The largest absolute Gasteiger partial charge is 0.479 e. The van der Waals surface area contributed by atoms with Gasteiger partial charge in [0.2, 0.25) is 11.8 Å². The molecule has 0 aliphatic carbocycles. The van der Waals surface area contributed by atoms with Crippen molar-refractivity contribution in [2.45, 2.75) is 6.04 Å². The van der Waals surface area contributed by atoms with Gasteiger partial charge in [0.05, 0.1) is 6.54 Å². The first kappa shape index (κ1) is 13.1. The molecule has 1 aliphatic heterocycles. The summed E-state index contributed by atoms with van der Waals surface area (Å²) in [5.74, 6) is -1.77. The highest BCUT2D eigenvalue weighted by Crippen LogP contribution is 2.23. The van der Waals surface area contributed by atoms with Gasteiger partial charge >= 0.3 is 5.97 Å². The van der Waals surface area contributed by atoms with E-state index in [1.807, 2.05) is 0 Å². The molecule has 0 saturated carbocycles. The minimum Gasteiger partial charge on any atom is -0.479 e. The van der Waals surface area contributed by atoms with E-state index in [-0.39, 0.29) is 24.9 Å². The van der Waals surface area contributed by atoms with Gasteiger partial charge < -0.3 is 14.9 Å². The van der Waals surface area contributed by atoms with E-state index < -0.39 is 12.0 Å². The number of nitrogens with zero attached hydrogens (tertiary/aromatic N) is 2. The monoisotopic (exact) mass is 262 g/mol. The van der Waals surface area contributed by atoms with Gasteiger partial charge in [-0.2, -0.15) is 0 Å². The minimum atomic E-state index is -1.14. The first-order valence-corrected chi connectivity index (χ1v) is 5.82. The van der Waals surface area contributed by atoms with Gasteiger partial charge in [0.15, 0.2) is 6.04 Å². The Morgan fingerprint density at radius 3 is 2.37 bits per heavy atom. The zero-order valence-corrected chi connectivity index (χ0v) is 10.4. The third kappa shape index (κ3) is 2.57. The van der Waals surface area contributed by atoms with Gasteiger partial charge in [-0.25, -0.2) is 4.79 Å². The molecule has 6 heteroatoms. The van der Waals surface area contributed by atoms with E-state index in [9.17, 15) is 19.5 Å². The number of likely N-dealkylation sites (N-methyl/N-ethyl adjacent to an activating group) is 1. The van der Waals surface area contributed by atoms with Gasteiger partial charge in [-0.3, -0.25) is 9.59 Å². The summed E-state index contributed by atoms with van der Waals surface area (Å²) in [5.41, 5.74) is 0.487. The quantitative estimate of drug-likeness (QED) is 0.838. The molecule has 0 spiro atoms. The van der Waals surface area contributed by atoms with Crippen molar-refractivity contribution < 1.29 is 19.5 Å². The van der Waals surface area contributed by atoms with Gasteiger partial charge in [0.25, 0.3) is 0 Å². The van der Waals surface area contributed by atoms with Crippen LogP contribution in [0.2, 0.25) is 0 Å². The van der Waals surface area contributed by atoms with Crippen molar-refractivity contribution in [3.05, 3.63) is 35.9 Å². The first-order chi connectivity index (χ1) is 9.00. The molecule has 1 atom stereocenters. The number of piperazine rings is 1. The number of hydrogen-bond acceptors (Lipinski definition) is 3. The average Bonchev–Trinajstić information content (AvgIpc) is 2.37. The number of carbonyl (C=O) groups is 3. The van der Waals surface area contributed by atoms with Crippen LogP contribution in [0.1, 0.15) is 11.6 Å². The highest BCUT2D eigenvalue weighted by molar-refractivity contribution is 5.95. The molecule has 1 saturated heterocycles. The summed E-state index contributed by atoms with van der Waals surface area (Å²) in [5, 5.41) is 9.33. The molecule has 1 N–H and O–H groups in total.